The van der Waals surface area contributed by atoms with Gasteiger partial charge < -0.3 is 9.47 Å². The molecule has 4 nitrogen and oxygen atoms in total. The average molecular weight is 222 g/mol. The zero-order valence-electron chi connectivity index (χ0n) is 9.52. The highest BCUT2D eigenvalue weighted by Crippen LogP contribution is 2.32. The SMILES string of the molecule is N#COCCC1CCC(CCOC#N)CC1. The molecule has 1 fully saturated rings. The lowest BCUT2D eigenvalue weighted by Gasteiger charge is -2.27. The zero-order chi connectivity index (χ0) is 11.6. The molecule has 0 N–H and O–H groups in total. The molecule has 16 heavy (non-hydrogen) atoms. The molecule has 0 saturated heterocycles. The van der Waals surface area contributed by atoms with E-state index in [1.165, 1.54) is 25.7 Å². The predicted molar refractivity (Wildman–Crippen MR) is 57.8 cm³/mol. The molecule has 0 bridgehead atoms. The molecule has 1 aliphatic carbocycles. The van der Waals surface area contributed by atoms with E-state index in [9.17, 15) is 0 Å². The number of rotatable bonds is 6. The maximum atomic E-state index is 8.25. The Kier molecular flexibility index (Phi) is 6.18. The Morgan fingerprint density at radius 3 is 1.50 bits per heavy atom. The number of nitrogens with zero attached hydrogens (tertiary/aromatic N) is 2. The van der Waals surface area contributed by atoms with E-state index in [1.54, 1.807) is 12.5 Å². The molecule has 4 heteroatoms. The summed E-state index contributed by atoms with van der Waals surface area (Å²) in [5.41, 5.74) is 0. The van der Waals surface area contributed by atoms with Crippen LogP contribution in [0.5, 0.6) is 0 Å². The monoisotopic (exact) mass is 222 g/mol. The standard InChI is InChI=1S/C12H18N2O2/c13-9-15-7-5-11-1-2-12(4-3-11)6-8-16-10-14/h11-12H,1-8H2. The van der Waals surface area contributed by atoms with Gasteiger partial charge in [0.2, 0.25) is 0 Å². The van der Waals surface area contributed by atoms with Crippen LogP contribution in [0, 0.1) is 34.9 Å². The predicted octanol–water partition coefficient (Wildman–Crippen LogP) is 2.57. The van der Waals surface area contributed by atoms with Gasteiger partial charge in [-0.3, -0.25) is 0 Å². The summed E-state index contributed by atoms with van der Waals surface area (Å²) in [6, 6.07) is 0. The summed E-state index contributed by atoms with van der Waals surface area (Å²) >= 11 is 0. The Morgan fingerprint density at radius 2 is 1.19 bits per heavy atom. The van der Waals surface area contributed by atoms with Gasteiger partial charge in [0.15, 0.2) is 0 Å². The summed E-state index contributed by atoms with van der Waals surface area (Å²) in [6.45, 7) is 1.12. The van der Waals surface area contributed by atoms with E-state index in [-0.39, 0.29) is 0 Å². The molecule has 1 aliphatic rings. The highest BCUT2D eigenvalue weighted by Gasteiger charge is 2.20. The average Bonchev–Trinajstić information content (AvgIpc) is 2.32. The summed E-state index contributed by atoms with van der Waals surface area (Å²) in [4.78, 5) is 0. The first-order chi connectivity index (χ1) is 7.86. The summed E-state index contributed by atoms with van der Waals surface area (Å²) in [5.74, 6) is 1.42. The van der Waals surface area contributed by atoms with E-state index in [0.29, 0.717) is 25.0 Å². The van der Waals surface area contributed by atoms with E-state index in [2.05, 4.69) is 0 Å². The minimum Gasteiger partial charge on any atom is -0.428 e. The first-order valence-electron chi connectivity index (χ1n) is 5.88. The van der Waals surface area contributed by atoms with Crippen molar-refractivity contribution >= 4 is 0 Å². The van der Waals surface area contributed by atoms with Crippen molar-refractivity contribution in [3.05, 3.63) is 0 Å². The Morgan fingerprint density at radius 1 is 0.812 bits per heavy atom. The molecule has 0 aromatic heterocycles. The number of hydrogen-bond acceptors (Lipinski definition) is 4. The van der Waals surface area contributed by atoms with Gasteiger partial charge in [-0.05, 0) is 24.7 Å². The number of nitriles is 2. The van der Waals surface area contributed by atoms with Crippen molar-refractivity contribution in [3.63, 3.8) is 0 Å². The lowest BCUT2D eigenvalue weighted by atomic mass is 9.79. The highest BCUT2D eigenvalue weighted by molar-refractivity contribution is 4.73. The summed E-state index contributed by atoms with van der Waals surface area (Å²) < 4.78 is 9.38. The van der Waals surface area contributed by atoms with Crippen LogP contribution in [0.25, 0.3) is 0 Å². The Hall–Kier alpha value is -1.42. The fourth-order valence-electron chi connectivity index (χ4n) is 2.35. The lowest BCUT2D eigenvalue weighted by Crippen LogP contribution is -2.16. The molecule has 0 aromatic rings. The Labute approximate surface area is 96.8 Å². The van der Waals surface area contributed by atoms with Crippen LogP contribution >= 0.6 is 0 Å². The second kappa shape index (κ2) is 7.82. The Bertz CT molecular complexity index is 231. The van der Waals surface area contributed by atoms with Crippen LogP contribution in [0.4, 0.5) is 0 Å². The van der Waals surface area contributed by atoms with Crippen molar-refractivity contribution in [1.29, 1.82) is 10.5 Å². The van der Waals surface area contributed by atoms with E-state index in [1.807, 2.05) is 0 Å². The van der Waals surface area contributed by atoms with Gasteiger partial charge in [0.25, 0.3) is 12.5 Å². The second-order valence-electron chi connectivity index (χ2n) is 4.34. The molecular formula is C12H18N2O2. The van der Waals surface area contributed by atoms with Crippen LogP contribution in [0.3, 0.4) is 0 Å². The molecule has 0 spiro atoms. The molecule has 88 valence electrons. The first-order valence-corrected chi connectivity index (χ1v) is 5.88. The largest absolute Gasteiger partial charge is 0.428 e. The maximum Gasteiger partial charge on any atom is 0.286 e. The minimum atomic E-state index is 0.559. The third kappa shape index (κ3) is 4.89. The van der Waals surface area contributed by atoms with E-state index in [0.717, 1.165) is 12.8 Å². The molecule has 0 atom stereocenters. The van der Waals surface area contributed by atoms with Gasteiger partial charge in [0.1, 0.15) is 13.2 Å². The molecule has 0 radical (unpaired) electrons. The third-order valence-corrected chi connectivity index (χ3v) is 3.35. The second-order valence-corrected chi connectivity index (χ2v) is 4.34. The van der Waals surface area contributed by atoms with Crippen molar-refractivity contribution in [2.45, 2.75) is 38.5 Å². The first kappa shape index (κ1) is 12.6. The van der Waals surface area contributed by atoms with Crippen LogP contribution in [0.1, 0.15) is 38.5 Å². The van der Waals surface area contributed by atoms with E-state index < -0.39 is 0 Å². The molecule has 0 aliphatic heterocycles. The molecule has 0 unspecified atom stereocenters. The van der Waals surface area contributed by atoms with Gasteiger partial charge in [-0.2, -0.15) is 10.5 Å². The van der Waals surface area contributed by atoms with Gasteiger partial charge in [0, 0.05) is 0 Å². The normalized spacial score (nSPS) is 24.1. The summed E-state index contributed by atoms with van der Waals surface area (Å²) in [5, 5.41) is 16.5. The van der Waals surface area contributed by atoms with E-state index >= 15 is 0 Å². The van der Waals surface area contributed by atoms with Crippen LogP contribution in [-0.2, 0) is 9.47 Å². The maximum absolute atomic E-state index is 8.25. The fraction of sp³-hybridized carbons (Fsp3) is 0.833. The van der Waals surface area contributed by atoms with Crippen LogP contribution in [-0.4, -0.2) is 13.2 Å². The van der Waals surface area contributed by atoms with Crippen molar-refractivity contribution in [2.24, 2.45) is 11.8 Å². The lowest BCUT2D eigenvalue weighted by molar-refractivity contribution is 0.173. The Balaban J connectivity index is 2.05. The molecule has 1 saturated carbocycles. The van der Waals surface area contributed by atoms with Gasteiger partial charge in [-0.1, -0.05) is 25.7 Å². The molecule has 0 aromatic carbocycles. The summed E-state index contributed by atoms with van der Waals surface area (Å²) in [6.07, 6.45) is 10.3. The van der Waals surface area contributed by atoms with Crippen molar-refractivity contribution < 1.29 is 9.47 Å². The van der Waals surface area contributed by atoms with Crippen LogP contribution in [0.15, 0.2) is 0 Å². The summed E-state index contributed by atoms with van der Waals surface area (Å²) in [7, 11) is 0. The molecule has 1 rings (SSSR count). The van der Waals surface area contributed by atoms with Gasteiger partial charge in [-0.15, -0.1) is 0 Å². The van der Waals surface area contributed by atoms with Gasteiger partial charge >= 0.3 is 0 Å². The molecular weight excluding hydrogens is 204 g/mol. The third-order valence-electron chi connectivity index (χ3n) is 3.35. The van der Waals surface area contributed by atoms with Crippen LogP contribution in [0.2, 0.25) is 0 Å². The zero-order valence-corrected chi connectivity index (χ0v) is 9.52. The smallest absolute Gasteiger partial charge is 0.286 e. The van der Waals surface area contributed by atoms with E-state index in [4.69, 9.17) is 20.0 Å². The molecule has 0 heterocycles. The highest BCUT2D eigenvalue weighted by atomic mass is 16.5. The van der Waals surface area contributed by atoms with Gasteiger partial charge in [0.05, 0.1) is 0 Å². The van der Waals surface area contributed by atoms with Crippen molar-refractivity contribution in [2.75, 3.05) is 13.2 Å². The topological polar surface area (TPSA) is 66.0 Å². The minimum absolute atomic E-state index is 0.559. The molecule has 0 amide bonds. The van der Waals surface area contributed by atoms with Crippen molar-refractivity contribution in [1.82, 2.24) is 0 Å². The number of ether oxygens (including phenoxy) is 2. The quantitative estimate of drug-likeness (QED) is 0.511. The van der Waals surface area contributed by atoms with Crippen LogP contribution < -0.4 is 0 Å². The van der Waals surface area contributed by atoms with Crippen molar-refractivity contribution in [3.8, 4) is 12.5 Å². The fourth-order valence-corrected chi connectivity index (χ4v) is 2.35. The van der Waals surface area contributed by atoms with Gasteiger partial charge in [-0.25, -0.2) is 0 Å². The number of hydrogen-bond donors (Lipinski definition) is 0.